The second-order valence-corrected chi connectivity index (χ2v) is 1.57. The minimum absolute atomic E-state index is 0. The van der Waals surface area contributed by atoms with Gasteiger partial charge in [-0.05, 0) is 0 Å². The van der Waals surface area contributed by atoms with Gasteiger partial charge in [0.15, 0.2) is 0 Å². The molecule has 3 N–H and O–H groups in total. The van der Waals surface area contributed by atoms with E-state index in [1.54, 1.807) is 0 Å². The molecular formula is C7H18N4O. The molecule has 0 saturated carbocycles. The Bertz CT molecular complexity index is 179. The summed E-state index contributed by atoms with van der Waals surface area (Å²) >= 11 is 0. The molecule has 0 heterocycles. The topological polar surface area (TPSA) is 79.8 Å². The second kappa shape index (κ2) is 9.61. The maximum absolute atomic E-state index is 10.4. The van der Waals surface area contributed by atoms with Gasteiger partial charge in [0.25, 0.3) is 0 Å². The van der Waals surface area contributed by atoms with Crippen LogP contribution < -0.4 is 11.2 Å². The Balaban J connectivity index is -0.000000309. The Morgan fingerprint density at radius 1 is 1.58 bits per heavy atom. The van der Waals surface area contributed by atoms with E-state index in [1.807, 2.05) is 13.8 Å². The van der Waals surface area contributed by atoms with Crippen molar-refractivity contribution in [2.24, 2.45) is 15.9 Å². The van der Waals surface area contributed by atoms with Gasteiger partial charge in [-0.25, -0.2) is 0 Å². The van der Waals surface area contributed by atoms with Gasteiger partial charge in [-0.2, -0.15) is 5.10 Å². The predicted molar refractivity (Wildman–Crippen MR) is 53.3 cm³/mol. The number of nitrogens with one attached hydrogen (secondary N) is 1. The van der Waals surface area contributed by atoms with Crippen LogP contribution in [0, 0.1) is 0 Å². The number of hydrazone groups is 1. The van der Waals surface area contributed by atoms with E-state index in [0.717, 1.165) is 0 Å². The van der Waals surface area contributed by atoms with Crippen molar-refractivity contribution in [2.45, 2.75) is 20.8 Å². The first-order valence-electron chi connectivity index (χ1n) is 3.68. The summed E-state index contributed by atoms with van der Waals surface area (Å²) < 4.78 is 0. The first-order chi connectivity index (χ1) is 5.70. The summed E-state index contributed by atoms with van der Waals surface area (Å²) in [6.07, 6.45) is 1.27. The van der Waals surface area contributed by atoms with Gasteiger partial charge in [-0.3, -0.25) is 9.79 Å². The molecule has 0 bridgehead atoms. The van der Waals surface area contributed by atoms with Crippen LogP contribution in [0.4, 0.5) is 0 Å². The molecule has 1 amide bonds. The fraction of sp³-hybridized carbons (Fsp3) is 0.571. The van der Waals surface area contributed by atoms with Gasteiger partial charge < -0.3 is 11.2 Å². The SMILES string of the molecule is CC.CN=C(/C=N\N)NC(C)=O.[HH]. The molecule has 0 aromatic carbocycles. The summed E-state index contributed by atoms with van der Waals surface area (Å²) in [5, 5.41) is 5.60. The lowest BCUT2D eigenvalue weighted by Crippen LogP contribution is -2.29. The van der Waals surface area contributed by atoms with E-state index in [4.69, 9.17) is 5.84 Å². The van der Waals surface area contributed by atoms with E-state index in [1.165, 1.54) is 20.2 Å². The van der Waals surface area contributed by atoms with Crippen LogP contribution in [0.2, 0.25) is 0 Å². The third-order valence-electron chi connectivity index (χ3n) is 0.742. The Morgan fingerprint density at radius 2 is 2.08 bits per heavy atom. The average molecular weight is 174 g/mol. The zero-order valence-corrected chi connectivity index (χ0v) is 7.96. The molecule has 0 unspecified atom stereocenters. The van der Waals surface area contributed by atoms with Crippen molar-refractivity contribution >= 4 is 18.0 Å². The monoisotopic (exact) mass is 174 g/mol. The summed E-state index contributed by atoms with van der Waals surface area (Å²) in [6.45, 7) is 5.38. The largest absolute Gasteiger partial charge is 0.323 e. The van der Waals surface area contributed by atoms with Crippen LogP contribution >= 0.6 is 0 Å². The summed E-state index contributed by atoms with van der Waals surface area (Å²) in [4.78, 5) is 14.1. The van der Waals surface area contributed by atoms with E-state index in [-0.39, 0.29) is 7.33 Å². The standard InChI is InChI=1S/C5H10N4O.C2H6.H2/c1-4(10)9-5(7-2)3-8-6;1-2;/h3H,6H2,1-2H3,(H,7,9,10);1-2H3;1H/b8-3-;;. The normalized spacial score (nSPS) is 10.5. The Labute approximate surface area is 74.2 Å². The molecule has 5 nitrogen and oxygen atoms in total. The number of rotatable bonds is 1. The minimum atomic E-state index is -0.194. The highest BCUT2D eigenvalue weighted by molar-refractivity contribution is 6.32. The van der Waals surface area contributed by atoms with E-state index in [0.29, 0.717) is 5.84 Å². The highest BCUT2D eigenvalue weighted by atomic mass is 16.1. The molecule has 0 aliphatic heterocycles. The lowest BCUT2D eigenvalue weighted by atomic mass is 10.6. The fourth-order valence-corrected chi connectivity index (χ4v) is 0.397. The Hall–Kier alpha value is -1.39. The van der Waals surface area contributed by atoms with Crippen LogP contribution in [0.15, 0.2) is 10.1 Å². The van der Waals surface area contributed by atoms with Gasteiger partial charge >= 0.3 is 0 Å². The molecule has 0 saturated heterocycles. The number of aliphatic imine (C=N–C) groups is 1. The zero-order chi connectivity index (χ0) is 9.98. The first kappa shape index (κ1) is 13.2. The van der Waals surface area contributed by atoms with Crippen LogP contribution in [0.5, 0.6) is 0 Å². The van der Waals surface area contributed by atoms with Crippen LogP contribution in [-0.2, 0) is 4.79 Å². The molecule has 5 heteroatoms. The molecule has 12 heavy (non-hydrogen) atoms. The van der Waals surface area contributed by atoms with E-state index < -0.39 is 0 Å². The van der Waals surface area contributed by atoms with E-state index in [2.05, 4.69) is 15.4 Å². The van der Waals surface area contributed by atoms with Crippen molar-refractivity contribution in [1.29, 1.82) is 0 Å². The number of carbonyl (C=O) groups excluding carboxylic acids is 1. The number of nitrogens with zero attached hydrogens (tertiary/aromatic N) is 2. The highest BCUT2D eigenvalue weighted by Crippen LogP contribution is 1.66. The summed E-state index contributed by atoms with van der Waals surface area (Å²) in [5.41, 5.74) is 0. The molecule has 0 aromatic rings. The molecule has 0 radical (unpaired) electrons. The molecule has 0 rings (SSSR count). The van der Waals surface area contributed by atoms with Crippen molar-refractivity contribution < 1.29 is 6.22 Å². The average Bonchev–Trinajstić information content (AvgIpc) is 2.07. The Morgan fingerprint density at radius 3 is 2.33 bits per heavy atom. The number of nitrogens with two attached hydrogens (primary N) is 1. The second-order valence-electron chi connectivity index (χ2n) is 1.57. The lowest BCUT2D eigenvalue weighted by Gasteiger charge is -1.96. The maximum atomic E-state index is 10.4. The van der Waals surface area contributed by atoms with Crippen LogP contribution in [0.25, 0.3) is 0 Å². The molecule has 0 aliphatic carbocycles. The zero-order valence-electron chi connectivity index (χ0n) is 7.96. The smallest absolute Gasteiger partial charge is 0.222 e. The number of carbonyl (C=O) groups is 1. The number of hydrogen-bond acceptors (Lipinski definition) is 4. The quantitative estimate of drug-likeness (QED) is 0.260. The number of amidine groups is 1. The third-order valence-corrected chi connectivity index (χ3v) is 0.742. The van der Waals surface area contributed by atoms with Gasteiger partial charge in [-0.1, -0.05) is 13.8 Å². The molecule has 0 spiro atoms. The lowest BCUT2D eigenvalue weighted by molar-refractivity contribution is -0.117. The van der Waals surface area contributed by atoms with Gasteiger partial charge in [0.05, 0.1) is 6.21 Å². The van der Waals surface area contributed by atoms with Crippen LogP contribution in [0.1, 0.15) is 22.2 Å². The van der Waals surface area contributed by atoms with Crippen molar-refractivity contribution in [3.05, 3.63) is 0 Å². The van der Waals surface area contributed by atoms with E-state index in [9.17, 15) is 4.79 Å². The molecular weight excluding hydrogens is 156 g/mol. The number of hydrogen-bond donors (Lipinski definition) is 2. The summed E-state index contributed by atoms with van der Waals surface area (Å²) in [5.74, 6) is 4.98. The first-order valence-corrected chi connectivity index (χ1v) is 3.68. The minimum Gasteiger partial charge on any atom is -0.323 e. The Kier molecular flexibility index (Phi) is 10.6. The van der Waals surface area contributed by atoms with E-state index >= 15 is 0 Å². The highest BCUT2D eigenvalue weighted by Gasteiger charge is 1.93. The third kappa shape index (κ3) is 8.61. The van der Waals surface area contributed by atoms with Crippen molar-refractivity contribution in [3.8, 4) is 0 Å². The van der Waals surface area contributed by atoms with Crippen LogP contribution in [0.3, 0.4) is 0 Å². The van der Waals surface area contributed by atoms with Gasteiger partial charge in [0, 0.05) is 15.4 Å². The fourth-order valence-electron chi connectivity index (χ4n) is 0.397. The molecule has 0 atom stereocenters. The maximum Gasteiger partial charge on any atom is 0.222 e. The van der Waals surface area contributed by atoms with Gasteiger partial charge in [0.1, 0.15) is 5.84 Å². The molecule has 0 fully saturated rings. The molecule has 0 aliphatic rings. The van der Waals surface area contributed by atoms with Crippen molar-refractivity contribution in [2.75, 3.05) is 7.05 Å². The van der Waals surface area contributed by atoms with Crippen molar-refractivity contribution in [3.63, 3.8) is 0 Å². The summed E-state index contributed by atoms with van der Waals surface area (Å²) in [7, 11) is 1.53. The van der Waals surface area contributed by atoms with Crippen LogP contribution in [-0.4, -0.2) is 25.0 Å². The predicted octanol–water partition coefficient (Wildman–Crippen LogP) is 0.367. The van der Waals surface area contributed by atoms with Crippen molar-refractivity contribution in [1.82, 2.24) is 5.32 Å². The number of amides is 1. The molecule has 72 valence electrons. The van der Waals surface area contributed by atoms with Gasteiger partial charge in [0.2, 0.25) is 5.91 Å². The summed E-state index contributed by atoms with van der Waals surface area (Å²) in [6, 6.07) is 0. The molecule has 0 aromatic heterocycles. The van der Waals surface area contributed by atoms with Gasteiger partial charge in [-0.15, -0.1) is 0 Å².